The molecule has 1 fully saturated rings. The Kier molecular flexibility index (Phi) is 6.18. The van der Waals surface area contributed by atoms with Gasteiger partial charge in [0.2, 0.25) is 5.91 Å². The van der Waals surface area contributed by atoms with Crippen LogP contribution in [0.25, 0.3) is 0 Å². The minimum absolute atomic E-state index is 0.196. The van der Waals surface area contributed by atoms with Crippen molar-refractivity contribution in [3.63, 3.8) is 0 Å². The van der Waals surface area contributed by atoms with Crippen LogP contribution in [0, 0.1) is 0 Å². The molecule has 0 radical (unpaired) electrons. The summed E-state index contributed by atoms with van der Waals surface area (Å²) in [5, 5.41) is 9.42. The van der Waals surface area contributed by atoms with Gasteiger partial charge in [-0.25, -0.2) is 0 Å². The lowest BCUT2D eigenvalue weighted by Crippen LogP contribution is -2.43. The van der Waals surface area contributed by atoms with Crippen LogP contribution in [0.2, 0.25) is 0 Å². The molecule has 3 heterocycles. The first-order valence-corrected chi connectivity index (χ1v) is 10.0. The zero-order valence-corrected chi connectivity index (χ0v) is 15.8. The van der Waals surface area contributed by atoms with E-state index in [0.29, 0.717) is 18.3 Å². The molecule has 3 rings (SSSR count). The molecule has 0 aliphatic carbocycles. The average molecular weight is 362 g/mol. The normalized spacial score (nSPS) is 17.8. The molecule has 0 saturated carbocycles. The molecule has 2 aromatic heterocycles. The first kappa shape index (κ1) is 18.0. The fraction of sp³-hybridized carbons (Fsp3) is 0.611. The van der Waals surface area contributed by atoms with Crippen molar-refractivity contribution in [1.29, 1.82) is 0 Å². The van der Waals surface area contributed by atoms with E-state index < -0.39 is 0 Å². The maximum atomic E-state index is 12.6. The quantitative estimate of drug-likeness (QED) is 0.707. The predicted octanol–water partition coefficient (Wildman–Crippen LogP) is 3.37. The number of carbonyl (C=O) groups is 1. The summed E-state index contributed by atoms with van der Waals surface area (Å²) in [7, 11) is 0. The summed E-state index contributed by atoms with van der Waals surface area (Å²) in [6, 6.07) is 4.18. The van der Waals surface area contributed by atoms with Crippen LogP contribution in [-0.4, -0.2) is 43.9 Å². The van der Waals surface area contributed by atoms with Crippen molar-refractivity contribution >= 4 is 17.7 Å². The van der Waals surface area contributed by atoms with E-state index in [1.54, 1.807) is 6.26 Å². The number of amides is 1. The lowest BCUT2D eigenvalue weighted by atomic mass is 10.0. The van der Waals surface area contributed by atoms with Gasteiger partial charge in [0.15, 0.2) is 5.16 Å². The van der Waals surface area contributed by atoms with Gasteiger partial charge in [-0.3, -0.25) is 9.36 Å². The van der Waals surface area contributed by atoms with Gasteiger partial charge in [0.25, 0.3) is 0 Å². The minimum Gasteiger partial charge on any atom is -0.467 e. The van der Waals surface area contributed by atoms with Gasteiger partial charge < -0.3 is 9.32 Å². The van der Waals surface area contributed by atoms with Crippen molar-refractivity contribution in [1.82, 2.24) is 19.7 Å². The number of rotatable bonds is 7. The maximum Gasteiger partial charge on any atom is 0.233 e. The minimum atomic E-state index is 0.196. The van der Waals surface area contributed by atoms with Crippen molar-refractivity contribution in [3.05, 3.63) is 30.0 Å². The van der Waals surface area contributed by atoms with Gasteiger partial charge in [0.05, 0.1) is 18.6 Å². The second kappa shape index (κ2) is 8.56. The Morgan fingerprint density at radius 3 is 3.00 bits per heavy atom. The van der Waals surface area contributed by atoms with Crippen molar-refractivity contribution in [2.45, 2.75) is 63.7 Å². The molecule has 1 aliphatic heterocycles. The molecule has 0 bridgehead atoms. The lowest BCUT2D eigenvalue weighted by molar-refractivity contribution is -0.131. The molecule has 25 heavy (non-hydrogen) atoms. The van der Waals surface area contributed by atoms with Crippen LogP contribution < -0.4 is 0 Å². The van der Waals surface area contributed by atoms with E-state index >= 15 is 0 Å². The highest BCUT2D eigenvalue weighted by Crippen LogP contribution is 2.22. The van der Waals surface area contributed by atoms with E-state index in [-0.39, 0.29) is 5.91 Å². The van der Waals surface area contributed by atoms with Crippen LogP contribution in [-0.2, 0) is 17.8 Å². The van der Waals surface area contributed by atoms with E-state index in [4.69, 9.17) is 4.42 Å². The summed E-state index contributed by atoms with van der Waals surface area (Å²) in [6.07, 6.45) is 6.97. The van der Waals surface area contributed by atoms with Gasteiger partial charge in [-0.15, -0.1) is 10.2 Å². The third-order valence-electron chi connectivity index (χ3n) is 4.61. The Morgan fingerprint density at radius 2 is 2.28 bits per heavy atom. The highest BCUT2D eigenvalue weighted by Gasteiger charge is 2.24. The van der Waals surface area contributed by atoms with Gasteiger partial charge in [-0.1, -0.05) is 18.7 Å². The van der Waals surface area contributed by atoms with Crippen LogP contribution in [0.4, 0.5) is 0 Å². The molecular formula is C18H26N4O2S. The van der Waals surface area contributed by atoms with E-state index in [2.05, 4.69) is 28.6 Å². The molecule has 2 aromatic rings. The molecule has 0 N–H and O–H groups in total. The van der Waals surface area contributed by atoms with Crippen molar-refractivity contribution in [2.24, 2.45) is 0 Å². The molecule has 6 nitrogen and oxygen atoms in total. The number of hydrogen-bond acceptors (Lipinski definition) is 5. The number of nitrogens with zero attached hydrogens (tertiary/aromatic N) is 4. The topological polar surface area (TPSA) is 64.2 Å². The van der Waals surface area contributed by atoms with Crippen molar-refractivity contribution < 1.29 is 9.21 Å². The molecule has 136 valence electrons. The summed E-state index contributed by atoms with van der Waals surface area (Å²) >= 11 is 1.48. The summed E-state index contributed by atoms with van der Waals surface area (Å²) in [6.45, 7) is 5.74. The smallest absolute Gasteiger partial charge is 0.233 e. The van der Waals surface area contributed by atoms with Crippen LogP contribution in [0.15, 0.2) is 28.0 Å². The Morgan fingerprint density at radius 1 is 1.40 bits per heavy atom. The summed E-state index contributed by atoms with van der Waals surface area (Å²) in [5.41, 5.74) is 0. The van der Waals surface area contributed by atoms with Gasteiger partial charge in [-0.2, -0.15) is 0 Å². The molecule has 1 amide bonds. The number of hydrogen-bond donors (Lipinski definition) is 0. The first-order chi connectivity index (χ1) is 12.2. The highest BCUT2D eigenvalue weighted by atomic mass is 32.2. The summed E-state index contributed by atoms with van der Waals surface area (Å²) in [5.74, 6) is 2.42. The van der Waals surface area contributed by atoms with Crippen molar-refractivity contribution in [3.8, 4) is 0 Å². The molecule has 0 unspecified atom stereocenters. The number of aromatic nitrogens is 3. The van der Waals surface area contributed by atoms with Gasteiger partial charge in [0.1, 0.15) is 11.6 Å². The fourth-order valence-electron chi connectivity index (χ4n) is 3.23. The first-order valence-electron chi connectivity index (χ1n) is 9.05. The van der Waals surface area contributed by atoms with Crippen LogP contribution >= 0.6 is 11.8 Å². The molecule has 1 aliphatic rings. The third-order valence-corrected chi connectivity index (χ3v) is 5.56. The Hall–Kier alpha value is -1.76. The second-order valence-corrected chi connectivity index (χ2v) is 7.48. The Bertz CT molecular complexity index is 683. The summed E-state index contributed by atoms with van der Waals surface area (Å²) < 4.78 is 7.54. The standard InChI is InChI=1S/C18H26N4O2S/c1-3-7-16-19-20-18(22(16)12-15-9-6-11-24-15)25-13-17(23)21-10-5-4-8-14(21)2/h6,9,11,14H,3-5,7-8,10,12-13H2,1-2H3/t14-/m1/s1. The number of furan rings is 1. The SMILES string of the molecule is CCCc1nnc(SCC(=O)N2CCCC[C@H]2C)n1Cc1ccco1. The van der Waals surface area contributed by atoms with E-state index in [1.165, 1.54) is 18.2 Å². The van der Waals surface area contributed by atoms with Gasteiger partial charge >= 0.3 is 0 Å². The second-order valence-electron chi connectivity index (χ2n) is 6.53. The Balaban J connectivity index is 1.68. The number of carbonyl (C=O) groups excluding carboxylic acids is 1. The number of thioether (sulfide) groups is 1. The predicted molar refractivity (Wildman–Crippen MR) is 97.6 cm³/mol. The number of likely N-dealkylation sites (tertiary alicyclic amines) is 1. The molecule has 0 spiro atoms. The fourth-order valence-corrected chi connectivity index (χ4v) is 4.07. The van der Waals surface area contributed by atoms with Crippen LogP contribution in [0.1, 0.15) is 51.1 Å². The van der Waals surface area contributed by atoms with Crippen LogP contribution in [0.5, 0.6) is 0 Å². The van der Waals surface area contributed by atoms with Crippen LogP contribution in [0.3, 0.4) is 0 Å². The van der Waals surface area contributed by atoms with E-state index in [9.17, 15) is 4.79 Å². The zero-order chi connectivity index (χ0) is 17.6. The lowest BCUT2D eigenvalue weighted by Gasteiger charge is -2.33. The summed E-state index contributed by atoms with van der Waals surface area (Å²) in [4.78, 5) is 14.6. The number of aryl methyl sites for hydroxylation is 1. The zero-order valence-electron chi connectivity index (χ0n) is 15.0. The van der Waals surface area contributed by atoms with Gasteiger partial charge in [0, 0.05) is 19.0 Å². The molecule has 1 saturated heterocycles. The Labute approximate surface area is 153 Å². The average Bonchev–Trinajstić information content (AvgIpc) is 3.25. The third kappa shape index (κ3) is 4.45. The number of piperidine rings is 1. The maximum absolute atomic E-state index is 12.6. The monoisotopic (exact) mass is 362 g/mol. The van der Waals surface area contributed by atoms with Crippen molar-refractivity contribution in [2.75, 3.05) is 12.3 Å². The van der Waals surface area contributed by atoms with E-state index in [1.807, 2.05) is 17.0 Å². The largest absolute Gasteiger partial charge is 0.467 e. The molecular weight excluding hydrogens is 336 g/mol. The highest BCUT2D eigenvalue weighted by molar-refractivity contribution is 7.99. The molecule has 0 aromatic carbocycles. The molecule has 7 heteroatoms. The van der Waals surface area contributed by atoms with E-state index in [0.717, 1.165) is 49.0 Å². The van der Waals surface area contributed by atoms with Gasteiger partial charge in [-0.05, 0) is 44.7 Å². The molecule has 1 atom stereocenters.